The van der Waals surface area contributed by atoms with Crippen molar-refractivity contribution >= 4 is 11.6 Å². The molecule has 2 rings (SSSR count). The van der Waals surface area contributed by atoms with Crippen LogP contribution in [0.15, 0.2) is 6.07 Å². The van der Waals surface area contributed by atoms with Gasteiger partial charge < -0.3 is 20.1 Å². The number of methoxy groups -OCH3 is 1. The van der Waals surface area contributed by atoms with Gasteiger partial charge in [0.25, 0.3) is 0 Å². The molecule has 1 aromatic rings. The first-order valence-electron chi connectivity index (χ1n) is 7.78. The lowest BCUT2D eigenvalue weighted by Crippen LogP contribution is -2.14. The van der Waals surface area contributed by atoms with E-state index < -0.39 is 0 Å². The van der Waals surface area contributed by atoms with Crippen LogP contribution >= 0.6 is 0 Å². The SMILES string of the molecule is CCCNc1cc(NCCC2CCCO2)nc(COC)n1. The van der Waals surface area contributed by atoms with E-state index in [1.807, 2.05) is 6.07 Å². The molecule has 21 heavy (non-hydrogen) atoms. The number of rotatable bonds is 9. The van der Waals surface area contributed by atoms with Crippen molar-refractivity contribution < 1.29 is 9.47 Å². The number of aromatic nitrogens is 2. The molecule has 0 amide bonds. The molecule has 0 bridgehead atoms. The first kappa shape index (κ1) is 16.0. The zero-order chi connectivity index (χ0) is 14.9. The molecule has 0 aliphatic carbocycles. The van der Waals surface area contributed by atoms with Gasteiger partial charge >= 0.3 is 0 Å². The van der Waals surface area contributed by atoms with E-state index in [0.717, 1.165) is 44.2 Å². The Kier molecular flexibility index (Phi) is 6.69. The molecule has 118 valence electrons. The summed E-state index contributed by atoms with van der Waals surface area (Å²) >= 11 is 0. The molecule has 2 N–H and O–H groups in total. The highest BCUT2D eigenvalue weighted by molar-refractivity contribution is 5.47. The molecule has 1 saturated heterocycles. The Morgan fingerprint density at radius 2 is 2.05 bits per heavy atom. The van der Waals surface area contributed by atoms with E-state index in [1.54, 1.807) is 7.11 Å². The average molecular weight is 294 g/mol. The number of anilines is 2. The molecule has 0 radical (unpaired) electrons. The number of hydrogen-bond acceptors (Lipinski definition) is 6. The molecule has 2 heterocycles. The van der Waals surface area contributed by atoms with E-state index in [4.69, 9.17) is 9.47 Å². The van der Waals surface area contributed by atoms with Crippen LogP contribution < -0.4 is 10.6 Å². The number of ether oxygens (including phenoxy) is 2. The smallest absolute Gasteiger partial charge is 0.158 e. The summed E-state index contributed by atoms with van der Waals surface area (Å²) in [5, 5.41) is 6.65. The van der Waals surface area contributed by atoms with Crippen LogP contribution in [0, 0.1) is 0 Å². The van der Waals surface area contributed by atoms with Crippen LogP contribution in [0.25, 0.3) is 0 Å². The van der Waals surface area contributed by atoms with Crippen molar-refractivity contribution in [3.63, 3.8) is 0 Å². The summed E-state index contributed by atoms with van der Waals surface area (Å²) < 4.78 is 10.8. The molecule has 1 aliphatic rings. The van der Waals surface area contributed by atoms with Crippen molar-refractivity contribution in [1.82, 2.24) is 9.97 Å². The third-order valence-corrected chi connectivity index (χ3v) is 3.40. The minimum atomic E-state index is 0.399. The van der Waals surface area contributed by atoms with Crippen molar-refractivity contribution in [3.05, 3.63) is 11.9 Å². The van der Waals surface area contributed by atoms with E-state index in [9.17, 15) is 0 Å². The summed E-state index contributed by atoms with van der Waals surface area (Å²) in [5.41, 5.74) is 0. The zero-order valence-corrected chi connectivity index (χ0v) is 13.0. The Labute approximate surface area is 126 Å². The summed E-state index contributed by atoms with van der Waals surface area (Å²) in [4.78, 5) is 8.90. The molecular weight excluding hydrogens is 268 g/mol. The van der Waals surface area contributed by atoms with Crippen molar-refractivity contribution in [2.45, 2.75) is 45.3 Å². The quantitative estimate of drug-likeness (QED) is 0.729. The maximum absolute atomic E-state index is 5.62. The van der Waals surface area contributed by atoms with Gasteiger partial charge in [-0.25, -0.2) is 9.97 Å². The Hall–Kier alpha value is -1.40. The highest BCUT2D eigenvalue weighted by Gasteiger charge is 2.14. The summed E-state index contributed by atoms with van der Waals surface area (Å²) in [6.07, 6.45) is 4.83. The van der Waals surface area contributed by atoms with Crippen LogP contribution in [0.4, 0.5) is 11.6 Å². The van der Waals surface area contributed by atoms with Gasteiger partial charge in [-0.1, -0.05) is 6.92 Å². The van der Waals surface area contributed by atoms with E-state index in [0.29, 0.717) is 18.5 Å². The lowest BCUT2D eigenvalue weighted by atomic mass is 10.2. The van der Waals surface area contributed by atoms with Crippen molar-refractivity contribution in [2.75, 3.05) is 37.4 Å². The fourth-order valence-corrected chi connectivity index (χ4v) is 2.36. The fourth-order valence-electron chi connectivity index (χ4n) is 2.36. The fraction of sp³-hybridized carbons (Fsp3) is 0.733. The van der Waals surface area contributed by atoms with E-state index in [1.165, 1.54) is 12.8 Å². The maximum Gasteiger partial charge on any atom is 0.158 e. The van der Waals surface area contributed by atoms with Gasteiger partial charge in [0.1, 0.15) is 18.2 Å². The summed E-state index contributed by atoms with van der Waals surface area (Å²) in [7, 11) is 1.65. The van der Waals surface area contributed by atoms with E-state index >= 15 is 0 Å². The van der Waals surface area contributed by atoms with Gasteiger partial charge in [-0.15, -0.1) is 0 Å². The molecule has 6 nitrogen and oxygen atoms in total. The Balaban J connectivity index is 1.90. The van der Waals surface area contributed by atoms with Crippen molar-refractivity contribution in [1.29, 1.82) is 0 Å². The van der Waals surface area contributed by atoms with Crippen molar-refractivity contribution in [3.8, 4) is 0 Å². The van der Waals surface area contributed by atoms with Crippen LogP contribution in [0.1, 0.15) is 38.4 Å². The molecule has 1 aliphatic heterocycles. The normalized spacial score (nSPS) is 17.9. The molecule has 1 atom stereocenters. The Morgan fingerprint density at radius 3 is 2.67 bits per heavy atom. The summed E-state index contributed by atoms with van der Waals surface area (Å²) in [5.74, 6) is 2.38. The van der Waals surface area contributed by atoms with Gasteiger partial charge in [-0.2, -0.15) is 0 Å². The molecule has 1 aromatic heterocycles. The zero-order valence-electron chi connectivity index (χ0n) is 13.0. The Morgan fingerprint density at radius 1 is 1.29 bits per heavy atom. The second-order valence-corrected chi connectivity index (χ2v) is 5.26. The lowest BCUT2D eigenvalue weighted by Gasteiger charge is -2.12. The summed E-state index contributed by atoms with van der Waals surface area (Å²) in [6, 6.07) is 1.95. The second kappa shape index (κ2) is 8.79. The summed E-state index contributed by atoms with van der Waals surface area (Å²) in [6.45, 7) is 5.22. The van der Waals surface area contributed by atoms with Crippen LogP contribution in [0.3, 0.4) is 0 Å². The number of hydrogen-bond donors (Lipinski definition) is 2. The maximum atomic E-state index is 5.62. The molecule has 6 heteroatoms. The average Bonchev–Trinajstić information content (AvgIpc) is 2.99. The van der Waals surface area contributed by atoms with Crippen LogP contribution in [-0.4, -0.2) is 42.9 Å². The third-order valence-electron chi connectivity index (χ3n) is 3.40. The third kappa shape index (κ3) is 5.47. The van der Waals surface area contributed by atoms with Crippen LogP contribution in [-0.2, 0) is 16.1 Å². The monoisotopic (exact) mass is 294 g/mol. The van der Waals surface area contributed by atoms with Crippen LogP contribution in [0.2, 0.25) is 0 Å². The molecule has 1 fully saturated rings. The van der Waals surface area contributed by atoms with Gasteiger partial charge in [-0.05, 0) is 25.7 Å². The minimum absolute atomic E-state index is 0.399. The first-order valence-corrected chi connectivity index (χ1v) is 7.78. The number of nitrogens with zero attached hydrogens (tertiary/aromatic N) is 2. The molecule has 0 aromatic carbocycles. The topological polar surface area (TPSA) is 68.3 Å². The van der Waals surface area contributed by atoms with Crippen molar-refractivity contribution in [2.24, 2.45) is 0 Å². The molecular formula is C15H26N4O2. The second-order valence-electron chi connectivity index (χ2n) is 5.26. The largest absolute Gasteiger partial charge is 0.378 e. The molecule has 1 unspecified atom stereocenters. The minimum Gasteiger partial charge on any atom is -0.378 e. The van der Waals surface area contributed by atoms with Gasteiger partial charge in [0.2, 0.25) is 0 Å². The van der Waals surface area contributed by atoms with Gasteiger partial charge in [-0.3, -0.25) is 0 Å². The lowest BCUT2D eigenvalue weighted by molar-refractivity contribution is 0.107. The highest BCUT2D eigenvalue weighted by atomic mass is 16.5. The highest BCUT2D eigenvalue weighted by Crippen LogP contribution is 2.16. The Bertz CT molecular complexity index is 422. The van der Waals surface area contributed by atoms with Gasteiger partial charge in [0.05, 0.1) is 6.10 Å². The van der Waals surface area contributed by atoms with Crippen LogP contribution in [0.5, 0.6) is 0 Å². The van der Waals surface area contributed by atoms with Gasteiger partial charge in [0, 0.05) is 32.9 Å². The van der Waals surface area contributed by atoms with E-state index in [-0.39, 0.29) is 0 Å². The standard InChI is InChI=1S/C15H26N4O2/c1-3-7-16-13-10-14(19-15(18-13)11-20-2)17-8-6-12-5-4-9-21-12/h10,12H,3-9,11H2,1-2H3,(H2,16,17,18,19). The molecule has 0 saturated carbocycles. The first-order chi connectivity index (χ1) is 10.3. The predicted octanol–water partition coefficient (Wildman–Crippen LogP) is 2.43. The molecule has 0 spiro atoms. The van der Waals surface area contributed by atoms with Gasteiger partial charge in [0.15, 0.2) is 5.82 Å². The number of nitrogens with one attached hydrogen (secondary N) is 2. The predicted molar refractivity (Wildman–Crippen MR) is 83.6 cm³/mol. The van der Waals surface area contributed by atoms with E-state index in [2.05, 4.69) is 27.5 Å².